The molecule has 1 atom stereocenters. The van der Waals surface area contributed by atoms with Crippen molar-refractivity contribution in [2.75, 3.05) is 6.54 Å². The van der Waals surface area contributed by atoms with Crippen LogP contribution < -0.4 is 5.73 Å². The summed E-state index contributed by atoms with van der Waals surface area (Å²) in [5.74, 6) is 1.39. The van der Waals surface area contributed by atoms with E-state index in [9.17, 15) is 4.79 Å². The molecule has 1 unspecified atom stereocenters. The minimum atomic E-state index is 0.292. The molecule has 2 heteroatoms. The molecule has 2 N–H and O–H groups in total. The lowest BCUT2D eigenvalue weighted by Gasteiger charge is -2.15. The molecule has 0 heterocycles. The highest BCUT2D eigenvalue weighted by Crippen LogP contribution is 2.18. The molecular weight excluding hydrogens is 186 g/mol. The van der Waals surface area contributed by atoms with Crippen LogP contribution in [0.4, 0.5) is 0 Å². The molecule has 0 saturated carbocycles. The van der Waals surface area contributed by atoms with Gasteiger partial charge in [0.25, 0.3) is 0 Å². The fraction of sp³-hybridized carbons (Fsp3) is 0.923. The maximum absolute atomic E-state index is 11.8. The number of rotatable bonds is 9. The van der Waals surface area contributed by atoms with Crippen LogP contribution in [0.5, 0.6) is 0 Å². The van der Waals surface area contributed by atoms with Gasteiger partial charge in [0.15, 0.2) is 0 Å². The van der Waals surface area contributed by atoms with Crippen molar-refractivity contribution in [3.63, 3.8) is 0 Å². The molecule has 0 aliphatic heterocycles. The van der Waals surface area contributed by atoms with Gasteiger partial charge in [-0.1, -0.05) is 27.2 Å². The summed E-state index contributed by atoms with van der Waals surface area (Å²) in [6, 6.07) is 0. The van der Waals surface area contributed by atoms with Crippen molar-refractivity contribution < 1.29 is 4.79 Å². The first-order chi connectivity index (χ1) is 7.19. The fourth-order valence-corrected chi connectivity index (χ4v) is 2.08. The third-order valence-corrected chi connectivity index (χ3v) is 3.39. The number of carbonyl (C=O) groups is 1. The zero-order chi connectivity index (χ0) is 11.7. The van der Waals surface area contributed by atoms with Crippen LogP contribution in [0.2, 0.25) is 0 Å². The zero-order valence-corrected chi connectivity index (χ0v) is 10.6. The molecule has 0 aromatic carbocycles. The maximum Gasteiger partial charge on any atom is 0.135 e. The second-order valence-corrected chi connectivity index (χ2v) is 4.37. The van der Waals surface area contributed by atoms with E-state index < -0.39 is 0 Å². The summed E-state index contributed by atoms with van der Waals surface area (Å²) in [4.78, 5) is 11.8. The van der Waals surface area contributed by atoms with E-state index in [2.05, 4.69) is 20.8 Å². The summed E-state index contributed by atoms with van der Waals surface area (Å²) in [6.07, 6.45) is 5.97. The van der Waals surface area contributed by atoms with Gasteiger partial charge in [0, 0.05) is 12.3 Å². The molecule has 2 nitrogen and oxygen atoms in total. The number of hydrogen-bond acceptors (Lipinski definition) is 2. The van der Waals surface area contributed by atoms with Crippen LogP contribution in [-0.4, -0.2) is 12.3 Å². The lowest BCUT2D eigenvalue weighted by atomic mass is 9.90. The maximum atomic E-state index is 11.8. The van der Waals surface area contributed by atoms with Crippen LogP contribution in [0.3, 0.4) is 0 Å². The van der Waals surface area contributed by atoms with Gasteiger partial charge in [-0.15, -0.1) is 0 Å². The molecule has 0 saturated heterocycles. The Morgan fingerprint density at radius 2 is 1.67 bits per heavy atom. The fourth-order valence-electron chi connectivity index (χ4n) is 2.08. The molecule has 90 valence electrons. The largest absolute Gasteiger partial charge is 0.330 e. The van der Waals surface area contributed by atoms with Crippen molar-refractivity contribution in [3.8, 4) is 0 Å². The molecule has 0 bridgehead atoms. The molecule has 0 amide bonds. The van der Waals surface area contributed by atoms with E-state index in [4.69, 9.17) is 5.73 Å². The first-order valence-corrected chi connectivity index (χ1v) is 6.42. The second-order valence-electron chi connectivity index (χ2n) is 4.37. The zero-order valence-electron chi connectivity index (χ0n) is 10.6. The molecule has 0 aromatic rings. The summed E-state index contributed by atoms with van der Waals surface area (Å²) in [5, 5.41) is 0. The highest BCUT2D eigenvalue weighted by atomic mass is 16.1. The average molecular weight is 213 g/mol. The van der Waals surface area contributed by atoms with Gasteiger partial charge in [0.1, 0.15) is 5.78 Å². The number of ketones is 1. The summed E-state index contributed by atoms with van der Waals surface area (Å²) < 4.78 is 0. The molecule has 0 aliphatic rings. The van der Waals surface area contributed by atoms with Gasteiger partial charge in [0.05, 0.1) is 0 Å². The highest BCUT2D eigenvalue weighted by molar-refractivity contribution is 5.80. The van der Waals surface area contributed by atoms with E-state index in [-0.39, 0.29) is 0 Å². The van der Waals surface area contributed by atoms with Crippen LogP contribution in [0, 0.1) is 11.8 Å². The lowest BCUT2D eigenvalue weighted by Crippen LogP contribution is -2.15. The minimum Gasteiger partial charge on any atom is -0.330 e. The second kappa shape index (κ2) is 8.90. The monoisotopic (exact) mass is 213 g/mol. The van der Waals surface area contributed by atoms with Crippen molar-refractivity contribution in [1.82, 2.24) is 0 Å². The first-order valence-electron chi connectivity index (χ1n) is 6.42. The van der Waals surface area contributed by atoms with Crippen LogP contribution in [0.1, 0.15) is 59.3 Å². The van der Waals surface area contributed by atoms with Gasteiger partial charge in [-0.05, 0) is 38.1 Å². The quantitative estimate of drug-likeness (QED) is 0.639. The summed E-state index contributed by atoms with van der Waals surface area (Å²) in [5.41, 5.74) is 5.54. The summed E-state index contributed by atoms with van der Waals surface area (Å²) >= 11 is 0. The van der Waals surface area contributed by atoms with Crippen molar-refractivity contribution >= 4 is 5.78 Å². The Balaban J connectivity index is 3.85. The predicted molar refractivity (Wildman–Crippen MR) is 65.8 cm³/mol. The number of hydrogen-bond donors (Lipinski definition) is 1. The predicted octanol–water partition coefficient (Wildman–Crippen LogP) is 3.15. The number of carbonyl (C=O) groups excluding carboxylic acids is 1. The van der Waals surface area contributed by atoms with Crippen molar-refractivity contribution in [2.24, 2.45) is 17.6 Å². The van der Waals surface area contributed by atoms with E-state index in [1.54, 1.807) is 0 Å². The van der Waals surface area contributed by atoms with Crippen molar-refractivity contribution in [3.05, 3.63) is 0 Å². The standard InChI is InChI=1S/C13H27NO/c1-4-11(9-10-14)7-8-13(15)12(5-2)6-3/h11-12H,4-10,14H2,1-3H3. The smallest absolute Gasteiger partial charge is 0.135 e. The third-order valence-electron chi connectivity index (χ3n) is 3.39. The van der Waals surface area contributed by atoms with E-state index >= 15 is 0 Å². The molecule has 0 radical (unpaired) electrons. The van der Waals surface area contributed by atoms with Crippen LogP contribution in [-0.2, 0) is 4.79 Å². The van der Waals surface area contributed by atoms with Crippen LogP contribution in [0.25, 0.3) is 0 Å². The molecule has 0 rings (SSSR count). The van der Waals surface area contributed by atoms with Gasteiger partial charge in [-0.2, -0.15) is 0 Å². The SMILES string of the molecule is CCC(CCN)CCC(=O)C(CC)CC. The Bertz CT molecular complexity index is 164. The summed E-state index contributed by atoms with van der Waals surface area (Å²) in [6.45, 7) is 7.13. The normalized spacial score (nSPS) is 13.1. The molecule has 0 aliphatic carbocycles. The molecule has 0 spiro atoms. The van der Waals surface area contributed by atoms with Gasteiger partial charge in [-0.25, -0.2) is 0 Å². The van der Waals surface area contributed by atoms with Gasteiger partial charge in [-0.3, -0.25) is 4.79 Å². The van der Waals surface area contributed by atoms with E-state index in [0.717, 1.165) is 45.1 Å². The first kappa shape index (κ1) is 14.6. The van der Waals surface area contributed by atoms with Crippen LogP contribution in [0.15, 0.2) is 0 Å². The molecular formula is C13H27NO. The Hall–Kier alpha value is -0.370. The Morgan fingerprint density at radius 1 is 1.07 bits per heavy atom. The van der Waals surface area contributed by atoms with E-state index in [1.807, 2.05) is 0 Å². The molecule has 15 heavy (non-hydrogen) atoms. The molecule has 0 fully saturated rings. The van der Waals surface area contributed by atoms with Gasteiger partial charge in [0.2, 0.25) is 0 Å². The third kappa shape index (κ3) is 5.93. The average Bonchev–Trinajstić information content (AvgIpc) is 2.25. The van der Waals surface area contributed by atoms with E-state index in [0.29, 0.717) is 17.6 Å². The topological polar surface area (TPSA) is 43.1 Å². The lowest BCUT2D eigenvalue weighted by molar-refractivity contribution is -0.123. The van der Waals surface area contributed by atoms with Crippen molar-refractivity contribution in [1.29, 1.82) is 0 Å². The summed E-state index contributed by atoms with van der Waals surface area (Å²) in [7, 11) is 0. The van der Waals surface area contributed by atoms with Gasteiger partial charge >= 0.3 is 0 Å². The Kier molecular flexibility index (Phi) is 8.68. The molecule has 0 aromatic heterocycles. The van der Waals surface area contributed by atoms with Crippen molar-refractivity contribution in [2.45, 2.75) is 59.3 Å². The van der Waals surface area contributed by atoms with Gasteiger partial charge < -0.3 is 5.73 Å². The van der Waals surface area contributed by atoms with Crippen LogP contribution >= 0.6 is 0 Å². The highest BCUT2D eigenvalue weighted by Gasteiger charge is 2.15. The Morgan fingerprint density at radius 3 is 2.07 bits per heavy atom. The minimum absolute atomic E-state index is 0.292. The number of Topliss-reactive ketones (excluding diaryl/α,β-unsaturated/α-hetero) is 1. The Labute approximate surface area is 94.6 Å². The van der Waals surface area contributed by atoms with E-state index in [1.165, 1.54) is 0 Å². The number of nitrogens with two attached hydrogens (primary N) is 1.